The van der Waals surface area contributed by atoms with Gasteiger partial charge in [-0.2, -0.15) is 0 Å². The molecule has 1 atom stereocenters. The summed E-state index contributed by atoms with van der Waals surface area (Å²) in [5.41, 5.74) is 0. The lowest BCUT2D eigenvalue weighted by molar-refractivity contribution is 0.0705. The van der Waals surface area contributed by atoms with Gasteiger partial charge >= 0.3 is 8.80 Å². The maximum Gasteiger partial charge on any atom is 0.500 e. The molecule has 1 unspecified atom stereocenters. The zero-order valence-corrected chi connectivity index (χ0v) is 12.8. The molecule has 0 saturated carbocycles. The smallest absolute Gasteiger partial charge is 0.374 e. The fourth-order valence-electron chi connectivity index (χ4n) is 2.13. The van der Waals surface area contributed by atoms with E-state index in [-0.39, 0.29) is 0 Å². The van der Waals surface area contributed by atoms with Crippen molar-refractivity contribution in [1.82, 2.24) is 5.32 Å². The first kappa shape index (κ1) is 15.6. The van der Waals surface area contributed by atoms with Crippen molar-refractivity contribution in [3.8, 4) is 0 Å². The van der Waals surface area contributed by atoms with E-state index < -0.39 is 8.80 Å². The monoisotopic (exact) mass is 274 g/mol. The summed E-state index contributed by atoms with van der Waals surface area (Å²) in [6.07, 6.45) is 3.93. The predicted molar refractivity (Wildman–Crippen MR) is 75.0 cm³/mol. The van der Waals surface area contributed by atoms with E-state index in [1.54, 1.807) is 6.34 Å². The first-order chi connectivity index (χ1) is 8.76. The van der Waals surface area contributed by atoms with Crippen LogP contribution >= 0.6 is 0 Å². The maximum atomic E-state index is 5.82. The van der Waals surface area contributed by atoms with E-state index in [0.29, 0.717) is 25.9 Å². The second-order valence-electron chi connectivity index (χ2n) is 4.23. The number of nitrogens with one attached hydrogen (secondary N) is 1. The van der Waals surface area contributed by atoms with Gasteiger partial charge in [-0.1, -0.05) is 0 Å². The van der Waals surface area contributed by atoms with Gasteiger partial charge in [0.2, 0.25) is 0 Å². The van der Waals surface area contributed by atoms with E-state index >= 15 is 0 Å². The minimum absolute atomic E-state index is 0.474. The molecule has 0 aromatic carbocycles. The Bertz CT molecular complexity index is 226. The topological polar surface area (TPSA) is 52.1 Å². The molecule has 1 aliphatic heterocycles. The Morgan fingerprint density at radius 2 is 1.78 bits per heavy atom. The molecule has 0 aromatic rings. The van der Waals surface area contributed by atoms with Crippen LogP contribution in [0.5, 0.6) is 0 Å². The lowest BCUT2D eigenvalue weighted by Crippen LogP contribution is -2.46. The molecule has 6 heteroatoms. The highest BCUT2D eigenvalue weighted by Crippen LogP contribution is 2.20. The van der Waals surface area contributed by atoms with Crippen molar-refractivity contribution in [3.05, 3.63) is 0 Å². The van der Waals surface area contributed by atoms with Crippen LogP contribution in [0.2, 0.25) is 6.04 Å². The van der Waals surface area contributed by atoms with Crippen molar-refractivity contribution in [3.63, 3.8) is 0 Å². The summed E-state index contributed by atoms with van der Waals surface area (Å²) in [5.74, 6) is 0. The molecule has 0 spiro atoms. The summed E-state index contributed by atoms with van der Waals surface area (Å²) in [6, 6.07) is 1.36. The minimum Gasteiger partial charge on any atom is -0.374 e. The molecule has 1 aliphatic rings. The van der Waals surface area contributed by atoms with E-state index in [0.717, 1.165) is 25.4 Å². The molecule has 106 valence electrons. The Morgan fingerprint density at radius 1 is 1.17 bits per heavy atom. The van der Waals surface area contributed by atoms with Crippen molar-refractivity contribution >= 4 is 15.1 Å². The molecule has 0 aromatic heterocycles. The first-order valence-corrected chi connectivity index (χ1v) is 8.85. The van der Waals surface area contributed by atoms with Gasteiger partial charge in [0.05, 0.1) is 12.9 Å². The van der Waals surface area contributed by atoms with Crippen LogP contribution < -0.4 is 5.32 Å². The second-order valence-corrected chi connectivity index (χ2v) is 6.96. The summed E-state index contributed by atoms with van der Waals surface area (Å²) in [7, 11) is -2.44. The van der Waals surface area contributed by atoms with Gasteiger partial charge in [0.25, 0.3) is 0 Å². The van der Waals surface area contributed by atoms with E-state index in [9.17, 15) is 0 Å². The lowest BCUT2D eigenvalue weighted by Gasteiger charge is -2.28. The third-order valence-corrected chi connectivity index (χ3v) is 6.01. The van der Waals surface area contributed by atoms with Crippen molar-refractivity contribution in [2.24, 2.45) is 4.99 Å². The lowest BCUT2D eigenvalue weighted by atomic mass is 10.2. The molecule has 0 amide bonds. The Labute approximate surface area is 111 Å². The van der Waals surface area contributed by atoms with Crippen molar-refractivity contribution in [2.75, 3.05) is 26.4 Å². The van der Waals surface area contributed by atoms with E-state index in [2.05, 4.69) is 10.3 Å². The Balaban J connectivity index is 2.37. The van der Waals surface area contributed by atoms with Gasteiger partial charge in [-0.3, -0.25) is 4.99 Å². The van der Waals surface area contributed by atoms with Gasteiger partial charge in [0.1, 0.15) is 0 Å². The number of hydrogen-bond acceptors (Lipinski definition) is 5. The molecule has 0 fully saturated rings. The predicted octanol–water partition coefficient (Wildman–Crippen LogP) is 1.82. The molecule has 1 heterocycles. The molecule has 0 radical (unpaired) electrons. The first-order valence-electron chi connectivity index (χ1n) is 6.92. The summed E-state index contributed by atoms with van der Waals surface area (Å²) in [4.78, 5) is 4.17. The Kier molecular flexibility index (Phi) is 7.49. The largest absolute Gasteiger partial charge is 0.500 e. The molecule has 18 heavy (non-hydrogen) atoms. The highest BCUT2D eigenvalue weighted by atomic mass is 28.4. The Morgan fingerprint density at radius 3 is 2.22 bits per heavy atom. The summed E-state index contributed by atoms with van der Waals surface area (Å²) in [5, 5.41) is 3.24. The highest BCUT2D eigenvalue weighted by molar-refractivity contribution is 6.60. The molecule has 0 bridgehead atoms. The van der Waals surface area contributed by atoms with Gasteiger partial charge in [0.15, 0.2) is 0 Å². The number of rotatable bonds is 10. The van der Waals surface area contributed by atoms with Crippen LogP contribution in [-0.2, 0) is 13.3 Å². The third-order valence-electron chi connectivity index (χ3n) is 2.86. The van der Waals surface area contributed by atoms with Gasteiger partial charge in [-0.05, 0) is 33.6 Å². The van der Waals surface area contributed by atoms with Gasteiger partial charge in [-0.25, -0.2) is 0 Å². The number of nitrogens with zero attached hydrogens (tertiary/aromatic N) is 1. The molecular formula is C12H26N2O3Si. The van der Waals surface area contributed by atoms with E-state index in [1.807, 2.05) is 20.8 Å². The SMILES string of the molecule is CCO[Si](CCCC1CN=CN1)(OCC)OCC. The van der Waals surface area contributed by atoms with Crippen LogP contribution in [0.25, 0.3) is 0 Å². The van der Waals surface area contributed by atoms with Crippen LogP contribution in [-0.4, -0.2) is 47.6 Å². The standard InChI is InChI=1S/C12H26N2O3Si/c1-4-15-18(16-5-2,17-6-3)9-7-8-12-10-13-11-14-12/h11-12H,4-10H2,1-3H3,(H,13,14). The number of hydrogen-bond donors (Lipinski definition) is 1. The summed E-state index contributed by atoms with van der Waals surface area (Å²) in [6.45, 7) is 8.81. The average Bonchev–Trinajstić information content (AvgIpc) is 2.83. The van der Waals surface area contributed by atoms with Crippen LogP contribution in [0, 0.1) is 0 Å². The van der Waals surface area contributed by atoms with Gasteiger partial charge in [0, 0.05) is 31.9 Å². The normalized spacial score (nSPS) is 19.2. The zero-order chi connectivity index (χ0) is 13.3. The quantitative estimate of drug-likeness (QED) is 0.617. The van der Waals surface area contributed by atoms with Crippen LogP contribution in [0.3, 0.4) is 0 Å². The third kappa shape index (κ3) is 5.05. The molecule has 5 nitrogen and oxygen atoms in total. The van der Waals surface area contributed by atoms with Crippen LogP contribution in [0.1, 0.15) is 33.6 Å². The Hall–Kier alpha value is -0.433. The highest BCUT2D eigenvalue weighted by Gasteiger charge is 2.39. The van der Waals surface area contributed by atoms with E-state index in [1.165, 1.54) is 0 Å². The van der Waals surface area contributed by atoms with Crippen LogP contribution in [0.15, 0.2) is 4.99 Å². The summed E-state index contributed by atoms with van der Waals surface area (Å²) >= 11 is 0. The van der Waals surface area contributed by atoms with Crippen molar-refractivity contribution in [2.45, 2.75) is 45.7 Å². The minimum atomic E-state index is -2.44. The van der Waals surface area contributed by atoms with Crippen molar-refractivity contribution in [1.29, 1.82) is 0 Å². The average molecular weight is 274 g/mol. The molecule has 0 saturated heterocycles. The van der Waals surface area contributed by atoms with Gasteiger partial charge < -0.3 is 18.6 Å². The second kappa shape index (κ2) is 8.63. The molecular weight excluding hydrogens is 248 g/mol. The van der Waals surface area contributed by atoms with Crippen molar-refractivity contribution < 1.29 is 13.3 Å². The van der Waals surface area contributed by atoms with Crippen LogP contribution in [0.4, 0.5) is 0 Å². The maximum absolute atomic E-state index is 5.82. The molecule has 1 rings (SSSR count). The fraction of sp³-hybridized carbons (Fsp3) is 0.917. The zero-order valence-electron chi connectivity index (χ0n) is 11.8. The van der Waals surface area contributed by atoms with E-state index in [4.69, 9.17) is 13.3 Å². The molecule has 1 N–H and O–H groups in total. The number of aliphatic imine (C=N–C) groups is 1. The summed E-state index contributed by atoms with van der Waals surface area (Å²) < 4.78 is 17.5. The molecule has 0 aliphatic carbocycles. The van der Waals surface area contributed by atoms with Gasteiger partial charge in [-0.15, -0.1) is 0 Å². The fourth-order valence-corrected chi connectivity index (χ4v) is 4.77.